The van der Waals surface area contributed by atoms with Crippen molar-refractivity contribution in [2.75, 3.05) is 0 Å². The minimum Gasteiger partial charge on any atom is -0.504 e. The zero-order chi connectivity index (χ0) is 12.4. The molecule has 2 unspecified atom stereocenters. The van der Waals surface area contributed by atoms with Gasteiger partial charge in [-0.2, -0.15) is 0 Å². The van der Waals surface area contributed by atoms with E-state index in [1.165, 1.54) is 6.92 Å². The zero-order valence-corrected chi connectivity index (χ0v) is 9.72. The smallest absolute Gasteiger partial charge is 0.308 e. The van der Waals surface area contributed by atoms with Crippen molar-refractivity contribution in [3.05, 3.63) is 23.8 Å². The standard InChI is InChI=1S/C13H16O4/c1-8(14)17-12-4-2-3-11(13(12)16)9-5-6-10(15)7-9/h2-4,9-10,15-16H,5-7H2,1H3. The first-order valence-corrected chi connectivity index (χ1v) is 5.76. The molecule has 1 saturated carbocycles. The average molecular weight is 236 g/mol. The largest absolute Gasteiger partial charge is 0.504 e. The summed E-state index contributed by atoms with van der Waals surface area (Å²) < 4.78 is 4.92. The quantitative estimate of drug-likeness (QED) is 0.608. The minimum absolute atomic E-state index is 0.0156. The Morgan fingerprint density at radius 2 is 2.18 bits per heavy atom. The van der Waals surface area contributed by atoms with Gasteiger partial charge in [0, 0.05) is 12.5 Å². The molecule has 0 saturated heterocycles. The van der Waals surface area contributed by atoms with E-state index in [1.807, 2.05) is 6.07 Å². The Morgan fingerprint density at radius 3 is 2.76 bits per heavy atom. The highest BCUT2D eigenvalue weighted by Crippen LogP contribution is 2.42. The molecule has 0 spiro atoms. The number of ether oxygens (including phenoxy) is 1. The van der Waals surface area contributed by atoms with Crippen LogP contribution >= 0.6 is 0 Å². The lowest BCUT2D eigenvalue weighted by molar-refractivity contribution is -0.132. The van der Waals surface area contributed by atoms with E-state index in [2.05, 4.69) is 0 Å². The second-order valence-corrected chi connectivity index (χ2v) is 4.45. The summed E-state index contributed by atoms with van der Waals surface area (Å²) in [6.07, 6.45) is 1.95. The zero-order valence-electron chi connectivity index (χ0n) is 9.72. The molecular formula is C13H16O4. The molecule has 0 aromatic heterocycles. The Balaban J connectivity index is 2.26. The fourth-order valence-corrected chi connectivity index (χ4v) is 2.35. The lowest BCUT2D eigenvalue weighted by atomic mass is 9.96. The van der Waals surface area contributed by atoms with Gasteiger partial charge in [0.2, 0.25) is 0 Å². The topological polar surface area (TPSA) is 66.8 Å². The summed E-state index contributed by atoms with van der Waals surface area (Å²) in [7, 11) is 0. The van der Waals surface area contributed by atoms with E-state index < -0.39 is 5.97 Å². The molecule has 92 valence electrons. The molecule has 1 aromatic carbocycles. The van der Waals surface area contributed by atoms with Crippen molar-refractivity contribution in [2.24, 2.45) is 0 Å². The van der Waals surface area contributed by atoms with Crippen molar-refractivity contribution >= 4 is 5.97 Å². The number of para-hydroxylation sites is 1. The van der Waals surface area contributed by atoms with Crippen molar-refractivity contribution in [3.63, 3.8) is 0 Å². The number of carbonyl (C=O) groups excluding carboxylic acids is 1. The van der Waals surface area contributed by atoms with Crippen LogP contribution in [0.5, 0.6) is 11.5 Å². The summed E-state index contributed by atoms with van der Waals surface area (Å²) in [6, 6.07) is 5.12. The second-order valence-electron chi connectivity index (χ2n) is 4.45. The van der Waals surface area contributed by atoms with Crippen LogP contribution in [-0.2, 0) is 4.79 Å². The summed E-state index contributed by atoms with van der Waals surface area (Å²) in [6.45, 7) is 1.30. The van der Waals surface area contributed by atoms with E-state index in [1.54, 1.807) is 12.1 Å². The lowest BCUT2D eigenvalue weighted by Crippen LogP contribution is -2.04. The maximum Gasteiger partial charge on any atom is 0.308 e. The molecule has 17 heavy (non-hydrogen) atoms. The van der Waals surface area contributed by atoms with E-state index in [0.29, 0.717) is 6.42 Å². The van der Waals surface area contributed by atoms with Gasteiger partial charge in [0.25, 0.3) is 0 Å². The first-order chi connectivity index (χ1) is 8.08. The molecule has 4 heteroatoms. The van der Waals surface area contributed by atoms with Crippen LogP contribution < -0.4 is 4.74 Å². The number of aromatic hydroxyl groups is 1. The molecule has 0 radical (unpaired) electrons. The number of carbonyl (C=O) groups is 1. The van der Waals surface area contributed by atoms with Gasteiger partial charge in [0.15, 0.2) is 11.5 Å². The molecule has 4 nitrogen and oxygen atoms in total. The number of phenolic OH excluding ortho intramolecular Hbond substituents is 1. The van der Waals surface area contributed by atoms with Crippen LogP contribution in [-0.4, -0.2) is 22.3 Å². The van der Waals surface area contributed by atoms with Crippen molar-refractivity contribution in [3.8, 4) is 11.5 Å². The number of hydrogen-bond acceptors (Lipinski definition) is 4. The number of phenols is 1. The number of esters is 1. The number of benzene rings is 1. The van der Waals surface area contributed by atoms with Gasteiger partial charge < -0.3 is 14.9 Å². The molecule has 2 rings (SSSR count). The SMILES string of the molecule is CC(=O)Oc1cccc(C2CCC(O)C2)c1O. The van der Waals surface area contributed by atoms with Crippen molar-refractivity contribution in [2.45, 2.75) is 38.2 Å². The third-order valence-electron chi connectivity index (χ3n) is 3.13. The highest BCUT2D eigenvalue weighted by molar-refractivity contribution is 5.70. The molecule has 0 amide bonds. The molecule has 0 bridgehead atoms. The fraction of sp³-hybridized carbons (Fsp3) is 0.462. The molecule has 1 fully saturated rings. The van der Waals surface area contributed by atoms with E-state index in [-0.39, 0.29) is 23.5 Å². The third-order valence-corrected chi connectivity index (χ3v) is 3.13. The normalized spacial score (nSPS) is 23.6. The summed E-state index contributed by atoms with van der Waals surface area (Å²) >= 11 is 0. The fourth-order valence-electron chi connectivity index (χ4n) is 2.35. The molecule has 1 aliphatic rings. The number of hydrogen-bond donors (Lipinski definition) is 2. The summed E-state index contributed by atoms with van der Waals surface area (Å²) in [5, 5.41) is 19.5. The Hall–Kier alpha value is -1.55. The second kappa shape index (κ2) is 4.75. The Morgan fingerprint density at radius 1 is 1.41 bits per heavy atom. The molecule has 2 atom stereocenters. The van der Waals surface area contributed by atoms with E-state index in [0.717, 1.165) is 18.4 Å². The van der Waals surface area contributed by atoms with E-state index >= 15 is 0 Å². The van der Waals surface area contributed by atoms with Gasteiger partial charge in [-0.3, -0.25) is 4.79 Å². The number of aliphatic hydroxyl groups is 1. The van der Waals surface area contributed by atoms with Gasteiger partial charge in [-0.1, -0.05) is 12.1 Å². The highest BCUT2D eigenvalue weighted by atomic mass is 16.5. The predicted molar refractivity (Wildman–Crippen MR) is 62.0 cm³/mol. The Kier molecular flexibility index (Phi) is 3.33. The average Bonchev–Trinajstić information content (AvgIpc) is 2.67. The van der Waals surface area contributed by atoms with Crippen LogP contribution in [0.15, 0.2) is 18.2 Å². The van der Waals surface area contributed by atoms with Gasteiger partial charge in [-0.15, -0.1) is 0 Å². The molecule has 1 aliphatic carbocycles. The van der Waals surface area contributed by atoms with Gasteiger partial charge in [0.05, 0.1) is 6.10 Å². The van der Waals surface area contributed by atoms with Crippen LogP contribution in [0, 0.1) is 0 Å². The summed E-state index contributed by atoms with van der Waals surface area (Å²) in [5.41, 5.74) is 0.750. The highest BCUT2D eigenvalue weighted by Gasteiger charge is 2.27. The Bertz CT molecular complexity index is 427. The first kappa shape index (κ1) is 11.9. The van der Waals surface area contributed by atoms with Crippen LogP contribution in [0.3, 0.4) is 0 Å². The molecule has 0 heterocycles. The van der Waals surface area contributed by atoms with Crippen molar-refractivity contribution in [1.29, 1.82) is 0 Å². The lowest BCUT2D eigenvalue weighted by Gasteiger charge is -2.14. The van der Waals surface area contributed by atoms with Crippen LogP contribution in [0.4, 0.5) is 0 Å². The van der Waals surface area contributed by atoms with Gasteiger partial charge in [0.1, 0.15) is 0 Å². The van der Waals surface area contributed by atoms with Crippen molar-refractivity contribution < 1.29 is 19.7 Å². The molecule has 0 aliphatic heterocycles. The van der Waals surface area contributed by atoms with Gasteiger partial charge in [-0.05, 0) is 31.2 Å². The molecule has 1 aromatic rings. The monoisotopic (exact) mass is 236 g/mol. The first-order valence-electron chi connectivity index (χ1n) is 5.76. The maximum atomic E-state index is 10.9. The summed E-state index contributed by atoms with van der Waals surface area (Å²) in [5.74, 6) is -0.109. The molecule has 2 N–H and O–H groups in total. The van der Waals surface area contributed by atoms with Gasteiger partial charge >= 0.3 is 5.97 Å². The van der Waals surface area contributed by atoms with Crippen LogP contribution in [0.1, 0.15) is 37.7 Å². The van der Waals surface area contributed by atoms with Crippen LogP contribution in [0.25, 0.3) is 0 Å². The maximum absolute atomic E-state index is 10.9. The minimum atomic E-state index is -0.455. The molecular weight excluding hydrogens is 220 g/mol. The third kappa shape index (κ3) is 2.58. The number of rotatable bonds is 2. The Labute approximate surface area is 99.8 Å². The van der Waals surface area contributed by atoms with E-state index in [4.69, 9.17) is 4.74 Å². The summed E-state index contributed by atoms with van der Waals surface area (Å²) in [4.78, 5) is 10.9. The number of aliphatic hydroxyl groups excluding tert-OH is 1. The van der Waals surface area contributed by atoms with Crippen LogP contribution in [0.2, 0.25) is 0 Å². The predicted octanol–water partition coefficient (Wildman–Crippen LogP) is 1.95. The van der Waals surface area contributed by atoms with E-state index in [9.17, 15) is 15.0 Å². The van der Waals surface area contributed by atoms with Gasteiger partial charge in [-0.25, -0.2) is 0 Å². The van der Waals surface area contributed by atoms with Crippen molar-refractivity contribution in [1.82, 2.24) is 0 Å².